The molecule has 1 unspecified atom stereocenters. The van der Waals surface area contributed by atoms with Gasteiger partial charge >= 0.3 is 0 Å². The molecular weight excluding hydrogens is 388 g/mol. The van der Waals surface area contributed by atoms with Crippen LogP contribution in [0.2, 0.25) is 0 Å². The molecule has 2 fully saturated rings. The Morgan fingerprint density at radius 3 is 2.84 bits per heavy atom. The van der Waals surface area contributed by atoms with Crippen LogP contribution < -0.4 is 5.73 Å². The number of nitrogens with two attached hydrogens (primary N) is 1. The highest BCUT2D eigenvalue weighted by molar-refractivity contribution is 5.91. The van der Waals surface area contributed by atoms with E-state index in [-0.39, 0.29) is 11.2 Å². The Kier molecular flexibility index (Phi) is 5.51. The second kappa shape index (κ2) is 8.17. The summed E-state index contributed by atoms with van der Waals surface area (Å²) in [6.07, 6.45) is 7.97. The lowest BCUT2D eigenvalue weighted by Crippen LogP contribution is -2.68. The van der Waals surface area contributed by atoms with Crippen LogP contribution in [0.5, 0.6) is 0 Å². The molecule has 166 valence electrons. The summed E-state index contributed by atoms with van der Waals surface area (Å²) >= 11 is 0. The van der Waals surface area contributed by atoms with Gasteiger partial charge in [0.1, 0.15) is 5.66 Å². The van der Waals surface area contributed by atoms with Crippen molar-refractivity contribution in [2.45, 2.75) is 38.3 Å². The van der Waals surface area contributed by atoms with E-state index < -0.39 is 5.66 Å². The van der Waals surface area contributed by atoms with E-state index in [0.717, 1.165) is 63.1 Å². The fraction of sp³-hybridized carbons (Fsp3) is 0.560. The van der Waals surface area contributed by atoms with Gasteiger partial charge in [0.15, 0.2) is 5.78 Å². The van der Waals surface area contributed by atoms with Crippen LogP contribution in [-0.2, 0) is 21.6 Å². The zero-order valence-corrected chi connectivity index (χ0v) is 18.5. The molecule has 3 aliphatic rings. The van der Waals surface area contributed by atoms with Crippen LogP contribution >= 0.6 is 0 Å². The second-order valence-corrected chi connectivity index (χ2v) is 9.33. The molecule has 0 saturated carbocycles. The van der Waals surface area contributed by atoms with Crippen molar-refractivity contribution in [1.29, 1.82) is 0 Å². The summed E-state index contributed by atoms with van der Waals surface area (Å²) in [5, 5.41) is 1.28. The SMILES string of the molecule is CCC1(/C=C\C(=O)CN2CCOCC2)CCCN2CCc3c([nH]c4ccccc34)[C@@]21N. The maximum absolute atomic E-state index is 12.8. The van der Waals surface area contributed by atoms with Crippen LogP contribution in [0.15, 0.2) is 36.4 Å². The second-order valence-electron chi connectivity index (χ2n) is 9.33. The van der Waals surface area contributed by atoms with Crippen LogP contribution in [0.3, 0.4) is 0 Å². The van der Waals surface area contributed by atoms with Gasteiger partial charge in [-0.25, -0.2) is 0 Å². The smallest absolute Gasteiger partial charge is 0.169 e. The number of carbonyl (C=O) groups excluding carboxylic acids is 1. The van der Waals surface area contributed by atoms with Gasteiger partial charge in [0.2, 0.25) is 0 Å². The van der Waals surface area contributed by atoms with Crippen LogP contribution in [0.4, 0.5) is 0 Å². The summed E-state index contributed by atoms with van der Waals surface area (Å²) in [6.45, 7) is 7.70. The Morgan fingerprint density at radius 2 is 2.03 bits per heavy atom. The summed E-state index contributed by atoms with van der Waals surface area (Å²) in [5.41, 5.74) is 10.2. The lowest BCUT2D eigenvalue weighted by molar-refractivity contribution is -0.116. The first kappa shape index (κ1) is 20.9. The molecule has 2 aromatic rings. The van der Waals surface area contributed by atoms with Crippen molar-refractivity contribution in [3.05, 3.63) is 47.7 Å². The van der Waals surface area contributed by atoms with Crippen LogP contribution in [0, 0.1) is 5.41 Å². The van der Waals surface area contributed by atoms with E-state index in [0.29, 0.717) is 19.8 Å². The first-order valence-electron chi connectivity index (χ1n) is 11.7. The molecule has 6 heteroatoms. The standard InChI is InChI=1S/C25H34N4O2/c1-2-24(11-8-19(30)18-28-14-16-31-17-15-28)10-5-12-29-13-9-21-20-6-3-4-7-22(20)27-23(21)25(24,29)26/h3-4,6-8,11,27H,2,5,9-10,12-18,26H2,1H3/b11-8-/t24?,25-/m1/s1. The molecule has 0 amide bonds. The number of morpholine rings is 1. The number of aromatic amines is 1. The fourth-order valence-corrected chi connectivity index (χ4v) is 6.05. The highest BCUT2D eigenvalue weighted by Gasteiger charge is 2.56. The van der Waals surface area contributed by atoms with E-state index in [1.165, 1.54) is 10.9 Å². The van der Waals surface area contributed by atoms with Crippen molar-refractivity contribution in [3.63, 3.8) is 0 Å². The number of benzene rings is 1. The summed E-state index contributed by atoms with van der Waals surface area (Å²) < 4.78 is 5.40. The molecule has 2 saturated heterocycles. The Morgan fingerprint density at radius 1 is 1.23 bits per heavy atom. The molecule has 0 aliphatic carbocycles. The maximum Gasteiger partial charge on any atom is 0.169 e. The average Bonchev–Trinajstić information content (AvgIpc) is 3.18. The molecule has 31 heavy (non-hydrogen) atoms. The molecule has 0 radical (unpaired) electrons. The minimum Gasteiger partial charge on any atom is -0.379 e. The summed E-state index contributed by atoms with van der Waals surface area (Å²) in [4.78, 5) is 21.2. The van der Waals surface area contributed by atoms with Gasteiger partial charge in [0.05, 0.1) is 25.5 Å². The molecule has 1 aromatic carbocycles. The summed E-state index contributed by atoms with van der Waals surface area (Å²) in [5.74, 6) is 0.156. The van der Waals surface area contributed by atoms with Gasteiger partial charge in [0, 0.05) is 42.5 Å². The molecule has 3 N–H and O–H groups in total. The fourth-order valence-electron chi connectivity index (χ4n) is 6.05. The first-order valence-corrected chi connectivity index (χ1v) is 11.7. The summed E-state index contributed by atoms with van der Waals surface area (Å²) in [7, 11) is 0. The molecule has 3 aliphatic heterocycles. The number of ketones is 1. The number of rotatable bonds is 5. The van der Waals surface area contributed by atoms with E-state index in [9.17, 15) is 4.79 Å². The molecule has 0 spiro atoms. The largest absolute Gasteiger partial charge is 0.379 e. The zero-order chi connectivity index (χ0) is 21.5. The molecule has 4 heterocycles. The van der Waals surface area contributed by atoms with E-state index in [4.69, 9.17) is 10.5 Å². The Labute approximate surface area is 184 Å². The third kappa shape index (κ3) is 3.37. The maximum atomic E-state index is 12.8. The van der Waals surface area contributed by atoms with Crippen LogP contribution in [0.25, 0.3) is 10.9 Å². The molecule has 0 bridgehead atoms. The molecular formula is C25H34N4O2. The van der Waals surface area contributed by atoms with Crippen LogP contribution in [-0.4, -0.2) is 66.5 Å². The van der Waals surface area contributed by atoms with Crippen LogP contribution in [0.1, 0.15) is 37.4 Å². The van der Waals surface area contributed by atoms with Gasteiger partial charge in [-0.1, -0.05) is 31.2 Å². The lowest BCUT2D eigenvalue weighted by Gasteiger charge is -2.58. The Hall–Kier alpha value is -1.99. The highest BCUT2D eigenvalue weighted by atomic mass is 16.5. The molecule has 2 atom stereocenters. The van der Waals surface area contributed by atoms with Gasteiger partial charge in [-0.05, 0) is 43.4 Å². The number of nitrogens with one attached hydrogen (secondary N) is 1. The monoisotopic (exact) mass is 422 g/mol. The number of aromatic nitrogens is 1. The van der Waals surface area contributed by atoms with Crippen molar-refractivity contribution in [2.75, 3.05) is 45.9 Å². The zero-order valence-electron chi connectivity index (χ0n) is 18.5. The van der Waals surface area contributed by atoms with Gasteiger partial charge < -0.3 is 15.5 Å². The predicted molar refractivity (Wildman–Crippen MR) is 123 cm³/mol. The van der Waals surface area contributed by atoms with Gasteiger partial charge in [-0.15, -0.1) is 0 Å². The lowest BCUT2D eigenvalue weighted by atomic mass is 9.63. The van der Waals surface area contributed by atoms with E-state index in [2.05, 4.69) is 52.0 Å². The quantitative estimate of drug-likeness (QED) is 0.725. The number of hydrogen-bond donors (Lipinski definition) is 2. The van der Waals surface area contributed by atoms with E-state index in [1.54, 1.807) is 0 Å². The van der Waals surface area contributed by atoms with Crippen molar-refractivity contribution in [2.24, 2.45) is 11.1 Å². The number of ether oxygens (including phenoxy) is 1. The number of hydrogen-bond acceptors (Lipinski definition) is 5. The number of H-pyrrole nitrogens is 1. The summed E-state index contributed by atoms with van der Waals surface area (Å²) in [6, 6.07) is 8.51. The molecule has 5 rings (SSSR count). The topological polar surface area (TPSA) is 74.6 Å². The van der Waals surface area contributed by atoms with Crippen molar-refractivity contribution in [1.82, 2.24) is 14.8 Å². The highest BCUT2D eigenvalue weighted by Crippen LogP contribution is 2.53. The molecule has 6 nitrogen and oxygen atoms in total. The third-order valence-electron chi connectivity index (χ3n) is 7.84. The normalized spacial score (nSPS) is 29.9. The van der Waals surface area contributed by atoms with Crippen molar-refractivity contribution >= 4 is 16.7 Å². The van der Waals surface area contributed by atoms with Gasteiger partial charge in [-0.3, -0.25) is 14.6 Å². The number of fused-ring (bicyclic) bond motifs is 5. The van der Waals surface area contributed by atoms with Crippen molar-refractivity contribution < 1.29 is 9.53 Å². The van der Waals surface area contributed by atoms with E-state index >= 15 is 0 Å². The number of piperidine rings is 1. The van der Waals surface area contributed by atoms with Crippen molar-refractivity contribution in [3.8, 4) is 0 Å². The third-order valence-corrected chi connectivity index (χ3v) is 7.84. The number of carbonyl (C=O) groups is 1. The minimum absolute atomic E-state index is 0.156. The number of nitrogens with zero attached hydrogens (tertiary/aromatic N) is 2. The Balaban J connectivity index is 1.50. The number of para-hydroxylation sites is 1. The van der Waals surface area contributed by atoms with E-state index in [1.807, 2.05) is 6.08 Å². The predicted octanol–water partition coefficient (Wildman–Crippen LogP) is 2.79. The molecule has 1 aromatic heterocycles. The van der Waals surface area contributed by atoms with Gasteiger partial charge in [-0.2, -0.15) is 0 Å². The minimum atomic E-state index is -0.623. The Bertz CT molecular complexity index is 993. The average molecular weight is 423 g/mol. The first-order chi connectivity index (χ1) is 15.1. The van der Waals surface area contributed by atoms with Gasteiger partial charge in [0.25, 0.3) is 0 Å².